The Morgan fingerprint density at radius 3 is 2.44 bits per heavy atom. The minimum Gasteiger partial charge on any atom is -0.303 e. The number of likely N-dealkylation sites (N-methyl/N-ethyl adjacent to an activating group) is 1. The average Bonchev–Trinajstić information content (AvgIpc) is 2.30. The second-order valence-electron chi connectivity index (χ2n) is 5.18. The van der Waals surface area contributed by atoms with Crippen molar-refractivity contribution in [1.29, 1.82) is 0 Å². The minimum absolute atomic E-state index is 0.191. The van der Waals surface area contributed by atoms with Crippen LogP contribution in [-0.4, -0.2) is 30.6 Å². The van der Waals surface area contributed by atoms with Crippen molar-refractivity contribution in [3.05, 3.63) is 35.4 Å². The van der Waals surface area contributed by atoms with Crippen molar-refractivity contribution < 1.29 is 8.78 Å². The van der Waals surface area contributed by atoms with Crippen molar-refractivity contribution >= 4 is 0 Å². The number of nitrogens with two attached hydrogens (primary N) is 1. The highest BCUT2D eigenvalue weighted by Gasteiger charge is 2.31. The maximum atomic E-state index is 13.6. The van der Waals surface area contributed by atoms with Crippen LogP contribution >= 0.6 is 0 Å². The van der Waals surface area contributed by atoms with Gasteiger partial charge in [0.2, 0.25) is 0 Å². The van der Waals surface area contributed by atoms with Crippen molar-refractivity contribution in [3.63, 3.8) is 0 Å². The SMILES string of the molecule is CN(C)C(C)(C)C(Cc1cccc(F)c1F)NN. The van der Waals surface area contributed by atoms with Gasteiger partial charge in [-0.2, -0.15) is 0 Å². The Balaban J connectivity index is 2.97. The Hall–Kier alpha value is -1.04. The van der Waals surface area contributed by atoms with Gasteiger partial charge in [0, 0.05) is 11.6 Å². The Bertz CT molecular complexity index is 405. The summed E-state index contributed by atoms with van der Waals surface area (Å²) in [6, 6.07) is 4.00. The van der Waals surface area contributed by atoms with Gasteiger partial charge in [-0.1, -0.05) is 12.1 Å². The zero-order chi connectivity index (χ0) is 13.9. The topological polar surface area (TPSA) is 41.3 Å². The highest BCUT2D eigenvalue weighted by molar-refractivity contribution is 5.21. The smallest absolute Gasteiger partial charge is 0.162 e. The lowest BCUT2D eigenvalue weighted by Gasteiger charge is -2.40. The monoisotopic (exact) mass is 257 g/mol. The number of hydrazine groups is 1. The van der Waals surface area contributed by atoms with Crippen LogP contribution < -0.4 is 11.3 Å². The number of benzene rings is 1. The van der Waals surface area contributed by atoms with Crippen LogP contribution in [0, 0.1) is 11.6 Å². The van der Waals surface area contributed by atoms with Crippen LogP contribution in [0.3, 0.4) is 0 Å². The van der Waals surface area contributed by atoms with Gasteiger partial charge in [-0.05, 0) is 46.0 Å². The largest absolute Gasteiger partial charge is 0.303 e. The lowest BCUT2D eigenvalue weighted by Crippen LogP contribution is -2.58. The summed E-state index contributed by atoms with van der Waals surface area (Å²) in [6.07, 6.45) is 0.325. The molecule has 0 amide bonds. The van der Waals surface area contributed by atoms with Crippen molar-refractivity contribution in [2.45, 2.75) is 31.8 Å². The van der Waals surface area contributed by atoms with E-state index in [2.05, 4.69) is 5.43 Å². The molecular formula is C13H21F2N3. The molecule has 1 unspecified atom stereocenters. The number of nitrogens with zero attached hydrogens (tertiary/aromatic N) is 1. The minimum atomic E-state index is -0.828. The summed E-state index contributed by atoms with van der Waals surface area (Å²) >= 11 is 0. The first-order chi connectivity index (χ1) is 8.30. The molecule has 18 heavy (non-hydrogen) atoms. The van der Waals surface area contributed by atoms with Crippen molar-refractivity contribution in [1.82, 2.24) is 10.3 Å². The van der Waals surface area contributed by atoms with Gasteiger partial charge in [0.1, 0.15) is 0 Å². The van der Waals surface area contributed by atoms with Gasteiger partial charge in [-0.25, -0.2) is 8.78 Å². The van der Waals surface area contributed by atoms with Crippen molar-refractivity contribution in [2.75, 3.05) is 14.1 Å². The van der Waals surface area contributed by atoms with E-state index < -0.39 is 11.6 Å². The molecule has 0 aliphatic rings. The lowest BCUT2D eigenvalue weighted by molar-refractivity contribution is 0.136. The summed E-state index contributed by atoms with van der Waals surface area (Å²) in [5.41, 5.74) is 2.73. The molecule has 0 heterocycles. The van der Waals surface area contributed by atoms with Crippen LogP contribution in [0.5, 0.6) is 0 Å². The molecule has 0 radical (unpaired) electrons. The quantitative estimate of drug-likeness (QED) is 0.623. The van der Waals surface area contributed by atoms with E-state index in [9.17, 15) is 8.78 Å². The van der Waals surface area contributed by atoms with Crippen LogP contribution in [0.2, 0.25) is 0 Å². The lowest BCUT2D eigenvalue weighted by atomic mass is 9.88. The number of halogens is 2. The van der Waals surface area contributed by atoms with E-state index in [4.69, 9.17) is 5.84 Å². The molecule has 3 nitrogen and oxygen atoms in total. The van der Waals surface area contributed by atoms with E-state index in [0.29, 0.717) is 12.0 Å². The van der Waals surface area contributed by atoms with E-state index >= 15 is 0 Å². The maximum Gasteiger partial charge on any atom is 0.162 e. The highest BCUT2D eigenvalue weighted by atomic mass is 19.2. The maximum absolute atomic E-state index is 13.6. The normalized spacial score (nSPS) is 14.0. The van der Waals surface area contributed by atoms with Crippen LogP contribution in [0.4, 0.5) is 8.78 Å². The van der Waals surface area contributed by atoms with Gasteiger partial charge in [-0.15, -0.1) is 0 Å². The summed E-state index contributed by atoms with van der Waals surface area (Å²) in [6.45, 7) is 3.99. The molecule has 1 atom stereocenters. The van der Waals surface area contributed by atoms with Gasteiger partial charge >= 0.3 is 0 Å². The molecule has 0 aromatic heterocycles. The fraction of sp³-hybridized carbons (Fsp3) is 0.538. The van der Waals surface area contributed by atoms with Crippen LogP contribution in [0.1, 0.15) is 19.4 Å². The number of hydrogen-bond donors (Lipinski definition) is 2. The molecule has 0 saturated carbocycles. The summed E-state index contributed by atoms with van der Waals surface area (Å²) in [4.78, 5) is 1.99. The predicted molar refractivity (Wildman–Crippen MR) is 68.9 cm³/mol. The molecule has 0 aliphatic heterocycles. The second-order valence-corrected chi connectivity index (χ2v) is 5.18. The first-order valence-corrected chi connectivity index (χ1v) is 5.87. The summed E-state index contributed by atoms with van der Waals surface area (Å²) in [5, 5.41) is 0. The molecule has 0 fully saturated rings. The van der Waals surface area contributed by atoms with E-state index in [0.717, 1.165) is 6.07 Å². The Kier molecular flexibility index (Phi) is 4.78. The fourth-order valence-corrected chi connectivity index (χ4v) is 1.75. The van der Waals surface area contributed by atoms with Gasteiger partial charge in [-0.3, -0.25) is 11.3 Å². The van der Waals surface area contributed by atoms with Gasteiger partial charge in [0.25, 0.3) is 0 Å². The van der Waals surface area contributed by atoms with Crippen molar-refractivity contribution in [2.24, 2.45) is 5.84 Å². The van der Waals surface area contributed by atoms with E-state index in [1.165, 1.54) is 6.07 Å². The summed E-state index contributed by atoms with van der Waals surface area (Å²) in [5.74, 6) is 3.91. The van der Waals surface area contributed by atoms with Crippen molar-refractivity contribution in [3.8, 4) is 0 Å². The van der Waals surface area contributed by atoms with E-state index in [1.807, 2.05) is 32.8 Å². The van der Waals surface area contributed by atoms with Gasteiger partial charge < -0.3 is 4.90 Å². The first kappa shape index (κ1) is 15.0. The molecule has 5 heteroatoms. The molecule has 0 spiro atoms. The van der Waals surface area contributed by atoms with Gasteiger partial charge in [0.15, 0.2) is 11.6 Å². The first-order valence-electron chi connectivity index (χ1n) is 5.87. The van der Waals surface area contributed by atoms with Crippen LogP contribution in [-0.2, 0) is 6.42 Å². The molecule has 0 saturated heterocycles. The third-order valence-electron chi connectivity index (χ3n) is 3.66. The molecule has 1 aromatic carbocycles. The van der Waals surface area contributed by atoms with E-state index in [1.54, 1.807) is 6.07 Å². The average molecular weight is 257 g/mol. The number of hydrogen-bond acceptors (Lipinski definition) is 3. The Morgan fingerprint density at radius 1 is 1.33 bits per heavy atom. The number of nitrogens with one attached hydrogen (secondary N) is 1. The molecule has 1 aromatic rings. The summed E-state index contributed by atoms with van der Waals surface area (Å²) in [7, 11) is 3.85. The fourth-order valence-electron chi connectivity index (χ4n) is 1.75. The molecule has 0 bridgehead atoms. The van der Waals surface area contributed by atoms with Crippen LogP contribution in [0.15, 0.2) is 18.2 Å². The highest BCUT2D eigenvalue weighted by Crippen LogP contribution is 2.21. The molecule has 1 rings (SSSR count). The van der Waals surface area contributed by atoms with Crippen LogP contribution in [0.25, 0.3) is 0 Å². The zero-order valence-electron chi connectivity index (χ0n) is 11.3. The zero-order valence-corrected chi connectivity index (χ0v) is 11.3. The molecule has 0 aliphatic carbocycles. The standard InChI is InChI=1S/C13H21F2N3/c1-13(2,18(3)4)11(17-16)8-9-6-5-7-10(14)12(9)15/h5-7,11,17H,8,16H2,1-4H3. The Labute approximate surface area is 107 Å². The third-order valence-corrected chi connectivity index (χ3v) is 3.66. The second kappa shape index (κ2) is 5.73. The van der Waals surface area contributed by atoms with E-state index in [-0.39, 0.29) is 11.6 Å². The third kappa shape index (κ3) is 3.04. The molecule has 3 N–H and O–H groups in total. The Morgan fingerprint density at radius 2 is 1.94 bits per heavy atom. The number of rotatable bonds is 5. The summed E-state index contributed by atoms with van der Waals surface area (Å²) < 4.78 is 26.8. The molecule has 102 valence electrons. The predicted octanol–water partition coefficient (Wildman–Crippen LogP) is 1.68. The van der Waals surface area contributed by atoms with Gasteiger partial charge in [0.05, 0.1) is 0 Å². The molecular weight excluding hydrogens is 236 g/mol.